The van der Waals surface area contributed by atoms with E-state index in [4.69, 9.17) is 0 Å². The summed E-state index contributed by atoms with van der Waals surface area (Å²) >= 11 is 0. The molecule has 1 radical (unpaired) electrons. The van der Waals surface area contributed by atoms with Gasteiger partial charge >= 0.3 is 0 Å². The lowest BCUT2D eigenvalue weighted by Gasteiger charge is -1.98. The molecule has 0 aliphatic carbocycles. The molecule has 0 rings (SSSR count). The molecule has 0 bridgehead atoms. The third-order valence-electron chi connectivity index (χ3n) is 2.92. The minimum atomic E-state index is 1.14. The van der Waals surface area contributed by atoms with Crippen LogP contribution < -0.4 is 0 Å². The summed E-state index contributed by atoms with van der Waals surface area (Å²) in [5.74, 6) is 0. The highest BCUT2D eigenvalue weighted by Gasteiger charge is 1.90. The van der Waals surface area contributed by atoms with E-state index in [1.807, 2.05) is 0 Å². The van der Waals surface area contributed by atoms with E-state index in [0.717, 1.165) is 6.42 Å². The van der Waals surface area contributed by atoms with Crippen molar-refractivity contribution in [2.45, 2.75) is 78.6 Å². The van der Waals surface area contributed by atoms with E-state index < -0.39 is 0 Å². The van der Waals surface area contributed by atoms with Crippen molar-refractivity contribution in [3.05, 3.63) is 36.0 Å². The molecule has 0 fully saturated rings. The maximum absolute atomic E-state index is 3.42. The third kappa shape index (κ3) is 11.7. The maximum atomic E-state index is 3.42. The minimum absolute atomic E-state index is 1.14. The van der Waals surface area contributed by atoms with Gasteiger partial charge in [0.25, 0.3) is 0 Å². The first-order chi connectivity index (χ1) is 8.85. The fourth-order valence-corrected chi connectivity index (χ4v) is 1.78. The highest BCUT2D eigenvalue weighted by atomic mass is 14.0. The van der Waals surface area contributed by atoms with Crippen molar-refractivity contribution < 1.29 is 0 Å². The van der Waals surface area contributed by atoms with Gasteiger partial charge in [0.2, 0.25) is 0 Å². The fraction of sp³-hybridized carbons (Fsp3) is 0.667. The Morgan fingerprint density at radius 1 is 0.833 bits per heavy atom. The summed E-state index contributed by atoms with van der Waals surface area (Å²) in [7, 11) is 0. The van der Waals surface area contributed by atoms with Crippen molar-refractivity contribution in [2.75, 3.05) is 0 Å². The van der Waals surface area contributed by atoms with Crippen LogP contribution in [0.15, 0.2) is 29.9 Å². The Morgan fingerprint density at radius 3 is 2.22 bits per heavy atom. The van der Waals surface area contributed by atoms with Gasteiger partial charge in [0.1, 0.15) is 0 Å². The van der Waals surface area contributed by atoms with Crippen molar-refractivity contribution >= 4 is 0 Å². The molecule has 18 heavy (non-hydrogen) atoms. The lowest BCUT2D eigenvalue weighted by Crippen LogP contribution is -1.79. The predicted molar refractivity (Wildman–Crippen MR) is 83.6 cm³/mol. The van der Waals surface area contributed by atoms with Crippen molar-refractivity contribution in [1.82, 2.24) is 0 Å². The predicted octanol–water partition coefficient (Wildman–Crippen LogP) is 6.40. The van der Waals surface area contributed by atoms with Crippen molar-refractivity contribution in [3.8, 4) is 0 Å². The van der Waals surface area contributed by atoms with Gasteiger partial charge < -0.3 is 0 Å². The number of allylic oxidation sites excluding steroid dienone is 6. The largest absolute Gasteiger partial charge is 0.0842 e. The second-order valence-corrected chi connectivity index (χ2v) is 4.86. The Balaban J connectivity index is 4.02. The normalized spacial score (nSPS) is 12.9. The van der Waals surface area contributed by atoms with Gasteiger partial charge in [0.05, 0.1) is 0 Å². The van der Waals surface area contributed by atoms with E-state index >= 15 is 0 Å². The van der Waals surface area contributed by atoms with Gasteiger partial charge in [-0.3, -0.25) is 0 Å². The molecular weight excluding hydrogens is 216 g/mol. The molecule has 0 unspecified atom stereocenters. The molecule has 0 atom stereocenters. The highest BCUT2D eigenvalue weighted by Crippen LogP contribution is 2.09. The van der Waals surface area contributed by atoms with Gasteiger partial charge in [0, 0.05) is 0 Å². The number of hydrogen-bond donors (Lipinski definition) is 0. The van der Waals surface area contributed by atoms with Gasteiger partial charge in [-0.25, -0.2) is 0 Å². The van der Waals surface area contributed by atoms with Crippen LogP contribution >= 0.6 is 0 Å². The summed E-state index contributed by atoms with van der Waals surface area (Å²) in [5, 5.41) is 0. The summed E-state index contributed by atoms with van der Waals surface area (Å²) in [4.78, 5) is 0. The molecule has 0 nitrogen and oxygen atoms in total. The Hall–Kier alpha value is -0.780. The van der Waals surface area contributed by atoms with Crippen LogP contribution in [0, 0.1) is 6.08 Å². The Kier molecular flexibility index (Phi) is 13.7. The molecule has 0 aromatic heterocycles. The Morgan fingerprint density at radius 2 is 1.56 bits per heavy atom. The van der Waals surface area contributed by atoms with E-state index in [2.05, 4.69) is 51.2 Å². The maximum Gasteiger partial charge on any atom is -0.0153 e. The molecule has 103 valence electrons. The first kappa shape index (κ1) is 17.2. The molecule has 0 amide bonds. The van der Waals surface area contributed by atoms with Crippen LogP contribution in [-0.4, -0.2) is 0 Å². The van der Waals surface area contributed by atoms with Gasteiger partial charge in [-0.1, -0.05) is 77.2 Å². The van der Waals surface area contributed by atoms with Crippen LogP contribution in [0.1, 0.15) is 78.6 Å². The number of rotatable bonds is 11. The standard InChI is InChI=1S/C18H31/c1-4-7-9-11-13-16-18(15-6-3)17-14-12-10-8-5-2/h11,13-14,17H,4-10,12,15H2,1-3H3. The van der Waals surface area contributed by atoms with Crippen LogP contribution in [0.4, 0.5) is 0 Å². The Labute approximate surface area is 115 Å². The quantitative estimate of drug-likeness (QED) is 0.293. The zero-order valence-electron chi connectivity index (χ0n) is 12.7. The lowest BCUT2D eigenvalue weighted by atomic mass is 10.1. The molecular formula is C18H31. The van der Waals surface area contributed by atoms with Gasteiger partial charge in [0.15, 0.2) is 0 Å². The molecule has 0 saturated heterocycles. The zero-order chi connectivity index (χ0) is 13.5. The summed E-state index contributed by atoms with van der Waals surface area (Å²) in [5.41, 5.74) is 1.35. The second kappa shape index (κ2) is 14.3. The second-order valence-electron chi connectivity index (χ2n) is 4.86. The molecule has 0 heterocycles. The zero-order valence-corrected chi connectivity index (χ0v) is 12.7. The third-order valence-corrected chi connectivity index (χ3v) is 2.92. The average molecular weight is 247 g/mol. The molecule has 0 aromatic rings. The van der Waals surface area contributed by atoms with E-state index in [1.54, 1.807) is 0 Å². The number of hydrogen-bond acceptors (Lipinski definition) is 0. The van der Waals surface area contributed by atoms with E-state index in [1.165, 1.54) is 56.9 Å². The molecule has 0 aliphatic rings. The monoisotopic (exact) mass is 247 g/mol. The van der Waals surface area contributed by atoms with E-state index in [-0.39, 0.29) is 0 Å². The number of unbranched alkanes of at least 4 members (excludes halogenated alkanes) is 5. The lowest BCUT2D eigenvalue weighted by molar-refractivity contribution is 0.728. The minimum Gasteiger partial charge on any atom is -0.0842 e. The van der Waals surface area contributed by atoms with E-state index in [9.17, 15) is 0 Å². The summed E-state index contributed by atoms with van der Waals surface area (Å²) in [6, 6.07) is 0. The van der Waals surface area contributed by atoms with Gasteiger partial charge in [-0.05, 0) is 37.3 Å². The van der Waals surface area contributed by atoms with Crippen LogP contribution in [0.3, 0.4) is 0 Å². The van der Waals surface area contributed by atoms with Crippen LogP contribution in [-0.2, 0) is 0 Å². The summed E-state index contributed by atoms with van der Waals surface area (Å²) < 4.78 is 0. The average Bonchev–Trinajstić information content (AvgIpc) is 2.38. The highest BCUT2D eigenvalue weighted by molar-refractivity contribution is 5.19. The van der Waals surface area contributed by atoms with Crippen molar-refractivity contribution in [2.24, 2.45) is 0 Å². The topological polar surface area (TPSA) is 0 Å². The van der Waals surface area contributed by atoms with Crippen molar-refractivity contribution in [1.29, 1.82) is 0 Å². The molecule has 0 saturated carbocycles. The van der Waals surface area contributed by atoms with E-state index in [0.29, 0.717) is 0 Å². The smallest absolute Gasteiger partial charge is 0.0153 e. The van der Waals surface area contributed by atoms with Gasteiger partial charge in [-0.15, -0.1) is 0 Å². The first-order valence-electron chi connectivity index (χ1n) is 7.79. The summed E-state index contributed by atoms with van der Waals surface area (Å²) in [6.07, 6.45) is 23.6. The molecule has 0 aliphatic heterocycles. The van der Waals surface area contributed by atoms with Gasteiger partial charge in [-0.2, -0.15) is 0 Å². The van der Waals surface area contributed by atoms with Crippen LogP contribution in [0.25, 0.3) is 0 Å². The summed E-state index contributed by atoms with van der Waals surface area (Å²) in [6.45, 7) is 6.71. The van der Waals surface area contributed by atoms with Crippen molar-refractivity contribution in [3.63, 3.8) is 0 Å². The molecule has 0 spiro atoms. The molecule has 0 heteroatoms. The molecule has 0 N–H and O–H groups in total. The van der Waals surface area contributed by atoms with Crippen LogP contribution in [0.5, 0.6) is 0 Å². The first-order valence-corrected chi connectivity index (χ1v) is 7.79. The molecule has 0 aromatic carbocycles. The fourth-order valence-electron chi connectivity index (χ4n) is 1.78. The SMILES string of the molecule is CCCCC=C/[C]=C(/C=CCCCCC)CCC. The Bertz CT molecular complexity index is 243. The van der Waals surface area contributed by atoms with Crippen LogP contribution in [0.2, 0.25) is 0 Å².